The van der Waals surface area contributed by atoms with Gasteiger partial charge in [0.2, 0.25) is 0 Å². The van der Waals surface area contributed by atoms with Gasteiger partial charge >= 0.3 is 6.09 Å². The molecule has 0 spiro atoms. The molecule has 0 saturated carbocycles. The minimum absolute atomic E-state index is 0.217. The number of alkyl carbamates (subject to hydrolysis) is 1. The Kier molecular flexibility index (Phi) is 5.30. The summed E-state index contributed by atoms with van der Waals surface area (Å²) in [6.07, 6.45) is -0.0637. The highest BCUT2D eigenvalue weighted by molar-refractivity contribution is 6.51. The van der Waals surface area contributed by atoms with Crippen LogP contribution in [0, 0.1) is 11.8 Å². The Balaban J connectivity index is 1.43. The van der Waals surface area contributed by atoms with Gasteiger partial charge in [-0.1, -0.05) is 42.2 Å². The standard InChI is InChI=1S/C20H16N2O4/c23-18-16-12-14(9-10-17(16)22-19(18)24)6-4-5-11-21-20(25)26-13-15-7-2-1-3-8-15/h1-3,7-10,12H,5,11,13H2,(H,21,25)(H,22,23,24). The van der Waals surface area contributed by atoms with Crippen molar-refractivity contribution in [3.63, 3.8) is 0 Å². The van der Waals surface area contributed by atoms with Gasteiger partial charge in [0.15, 0.2) is 0 Å². The number of nitrogens with one attached hydrogen (secondary N) is 2. The van der Waals surface area contributed by atoms with E-state index in [2.05, 4.69) is 22.5 Å². The van der Waals surface area contributed by atoms with Crippen LogP contribution in [0.3, 0.4) is 0 Å². The molecule has 0 aliphatic carbocycles. The third-order valence-corrected chi connectivity index (χ3v) is 3.68. The maximum atomic E-state index is 11.6. The van der Waals surface area contributed by atoms with Crippen LogP contribution in [-0.4, -0.2) is 24.3 Å². The molecule has 0 bridgehead atoms. The van der Waals surface area contributed by atoms with E-state index in [0.717, 1.165) is 5.56 Å². The Labute approximate surface area is 150 Å². The lowest BCUT2D eigenvalue weighted by atomic mass is 10.1. The molecular weight excluding hydrogens is 332 g/mol. The van der Waals surface area contributed by atoms with Crippen LogP contribution >= 0.6 is 0 Å². The molecule has 1 heterocycles. The van der Waals surface area contributed by atoms with E-state index in [4.69, 9.17) is 4.74 Å². The summed E-state index contributed by atoms with van der Waals surface area (Å²) in [6.45, 7) is 0.568. The number of benzene rings is 2. The van der Waals surface area contributed by atoms with Crippen LogP contribution < -0.4 is 10.6 Å². The number of anilines is 1. The second-order valence-electron chi connectivity index (χ2n) is 5.58. The monoisotopic (exact) mass is 348 g/mol. The van der Waals surface area contributed by atoms with E-state index in [-0.39, 0.29) is 6.61 Å². The predicted octanol–water partition coefficient (Wildman–Crippen LogP) is 2.49. The van der Waals surface area contributed by atoms with Crippen molar-refractivity contribution in [1.82, 2.24) is 5.32 Å². The van der Waals surface area contributed by atoms with E-state index >= 15 is 0 Å². The average molecular weight is 348 g/mol. The number of Topliss-reactive ketones (excluding diaryl/α,β-unsaturated/α-hetero) is 1. The zero-order valence-electron chi connectivity index (χ0n) is 13.9. The molecule has 0 fully saturated rings. The van der Waals surface area contributed by atoms with Crippen molar-refractivity contribution in [3.05, 3.63) is 65.2 Å². The van der Waals surface area contributed by atoms with E-state index in [1.807, 2.05) is 30.3 Å². The molecule has 1 aliphatic heterocycles. The van der Waals surface area contributed by atoms with Crippen molar-refractivity contribution in [2.24, 2.45) is 0 Å². The highest BCUT2D eigenvalue weighted by Gasteiger charge is 2.27. The van der Waals surface area contributed by atoms with Crippen LogP contribution in [0.5, 0.6) is 0 Å². The van der Waals surface area contributed by atoms with Gasteiger partial charge in [-0.15, -0.1) is 0 Å². The summed E-state index contributed by atoms with van der Waals surface area (Å²) in [6, 6.07) is 14.4. The molecule has 0 atom stereocenters. The van der Waals surface area contributed by atoms with Gasteiger partial charge < -0.3 is 15.4 Å². The van der Waals surface area contributed by atoms with E-state index in [0.29, 0.717) is 29.8 Å². The molecule has 130 valence electrons. The Morgan fingerprint density at radius 1 is 1.12 bits per heavy atom. The highest BCUT2D eigenvalue weighted by atomic mass is 16.5. The SMILES string of the molecule is O=C(NCCC#Cc1ccc2c(c1)C(=O)C(=O)N2)OCc1ccccc1. The van der Waals surface area contributed by atoms with Crippen molar-refractivity contribution in [2.45, 2.75) is 13.0 Å². The first-order valence-corrected chi connectivity index (χ1v) is 8.06. The minimum atomic E-state index is -0.622. The summed E-state index contributed by atoms with van der Waals surface area (Å²) in [7, 11) is 0. The normalized spacial score (nSPS) is 11.8. The van der Waals surface area contributed by atoms with E-state index in [1.165, 1.54) is 0 Å². The summed E-state index contributed by atoms with van der Waals surface area (Å²) in [5.41, 5.74) is 2.40. The number of hydrogen-bond donors (Lipinski definition) is 2. The number of carbonyl (C=O) groups excluding carboxylic acids is 3. The first-order valence-electron chi connectivity index (χ1n) is 8.06. The second-order valence-corrected chi connectivity index (χ2v) is 5.58. The number of fused-ring (bicyclic) bond motifs is 1. The molecule has 26 heavy (non-hydrogen) atoms. The maximum Gasteiger partial charge on any atom is 0.407 e. The molecule has 2 aromatic rings. The number of carbonyl (C=O) groups is 3. The molecule has 0 saturated heterocycles. The van der Waals surface area contributed by atoms with Crippen molar-refractivity contribution in [3.8, 4) is 11.8 Å². The van der Waals surface area contributed by atoms with Gasteiger partial charge in [0.25, 0.3) is 11.7 Å². The summed E-state index contributed by atoms with van der Waals surface area (Å²) in [5, 5.41) is 5.11. The summed E-state index contributed by atoms with van der Waals surface area (Å²) in [4.78, 5) is 34.5. The minimum Gasteiger partial charge on any atom is -0.445 e. The largest absolute Gasteiger partial charge is 0.445 e. The number of amides is 2. The lowest BCUT2D eigenvalue weighted by Gasteiger charge is -2.05. The van der Waals surface area contributed by atoms with Crippen LogP contribution in [0.25, 0.3) is 0 Å². The van der Waals surface area contributed by atoms with Gasteiger partial charge in [-0.25, -0.2) is 4.79 Å². The molecule has 6 heteroatoms. The Morgan fingerprint density at radius 3 is 2.73 bits per heavy atom. The topological polar surface area (TPSA) is 84.5 Å². The Hall–Kier alpha value is -3.59. The molecule has 2 amide bonds. The number of rotatable bonds is 4. The van der Waals surface area contributed by atoms with Crippen molar-refractivity contribution in [2.75, 3.05) is 11.9 Å². The van der Waals surface area contributed by atoms with Gasteiger partial charge in [0.1, 0.15) is 6.61 Å². The maximum absolute atomic E-state index is 11.6. The lowest BCUT2D eigenvalue weighted by Crippen LogP contribution is -2.24. The first kappa shape index (κ1) is 17.2. The van der Waals surface area contributed by atoms with Crippen LogP contribution in [0.2, 0.25) is 0 Å². The van der Waals surface area contributed by atoms with Crippen molar-refractivity contribution >= 4 is 23.5 Å². The fourth-order valence-electron chi connectivity index (χ4n) is 2.39. The Morgan fingerprint density at radius 2 is 1.92 bits per heavy atom. The van der Waals surface area contributed by atoms with Gasteiger partial charge in [-0.2, -0.15) is 0 Å². The summed E-state index contributed by atoms with van der Waals surface area (Å²) < 4.78 is 5.09. The third kappa shape index (κ3) is 4.28. The summed E-state index contributed by atoms with van der Waals surface area (Å²) >= 11 is 0. The van der Waals surface area contributed by atoms with Crippen LogP contribution in [-0.2, 0) is 16.1 Å². The number of hydrogen-bond acceptors (Lipinski definition) is 4. The van der Waals surface area contributed by atoms with Gasteiger partial charge in [-0.05, 0) is 23.8 Å². The third-order valence-electron chi connectivity index (χ3n) is 3.68. The predicted molar refractivity (Wildman–Crippen MR) is 95.5 cm³/mol. The zero-order chi connectivity index (χ0) is 18.4. The van der Waals surface area contributed by atoms with E-state index in [9.17, 15) is 14.4 Å². The molecule has 0 unspecified atom stereocenters. The second kappa shape index (κ2) is 7.99. The molecule has 0 aromatic heterocycles. The number of ether oxygens (including phenoxy) is 1. The fourth-order valence-corrected chi connectivity index (χ4v) is 2.39. The molecule has 1 aliphatic rings. The summed E-state index contributed by atoms with van der Waals surface area (Å²) in [5.74, 6) is 4.65. The molecular formula is C20H16N2O4. The lowest BCUT2D eigenvalue weighted by molar-refractivity contribution is -0.112. The molecule has 0 radical (unpaired) electrons. The first-order chi connectivity index (χ1) is 12.6. The quantitative estimate of drug-likeness (QED) is 0.505. The molecule has 6 nitrogen and oxygen atoms in total. The average Bonchev–Trinajstić information content (AvgIpc) is 2.94. The molecule has 3 rings (SSSR count). The van der Waals surface area contributed by atoms with Gasteiger partial charge in [0.05, 0.1) is 11.3 Å². The van der Waals surface area contributed by atoms with Crippen molar-refractivity contribution in [1.29, 1.82) is 0 Å². The van der Waals surface area contributed by atoms with Crippen LogP contribution in [0.4, 0.5) is 10.5 Å². The van der Waals surface area contributed by atoms with Gasteiger partial charge in [0, 0.05) is 18.5 Å². The van der Waals surface area contributed by atoms with Crippen LogP contribution in [0.1, 0.15) is 27.9 Å². The highest BCUT2D eigenvalue weighted by Crippen LogP contribution is 2.23. The zero-order valence-corrected chi connectivity index (χ0v) is 13.9. The Bertz CT molecular complexity index is 910. The van der Waals surface area contributed by atoms with Crippen LogP contribution in [0.15, 0.2) is 48.5 Å². The molecule has 2 N–H and O–H groups in total. The van der Waals surface area contributed by atoms with Crippen molar-refractivity contribution < 1.29 is 19.1 Å². The van der Waals surface area contributed by atoms with E-state index in [1.54, 1.807) is 18.2 Å². The number of ketones is 1. The molecule has 2 aromatic carbocycles. The smallest absolute Gasteiger partial charge is 0.407 e. The van der Waals surface area contributed by atoms with Gasteiger partial charge in [-0.3, -0.25) is 9.59 Å². The fraction of sp³-hybridized carbons (Fsp3) is 0.150. The van der Waals surface area contributed by atoms with E-state index < -0.39 is 17.8 Å².